The van der Waals surface area contributed by atoms with Crippen LogP contribution in [0.25, 0.3) is 0 Å². The molecule has 2 atom stereocenters. The monoisotopic (exact) mass is 214 g/mol. The van der Waals surface area contributed by atoms with Crippen LogP contribution < -0.4 is 5.32 Å². The van der Waals surface area contributed by atoms with Crippen molar-refractivity contribution in [2.75, 3.05) is 20.3 Å². The number of hydrogen-bond acceptors (Lipinski definition) is 4. The van der Waals surface area contributed by atoms with Crippen molar-refractivity contribution in [3.05, 3.63) is 16.6 Å². The van der Waals surface area contributed by atoms with Crippen LogP contribution in [0.5, 0.6) is 0 Å². The van der Waals surface area contributed by atoms with Crippen LogP contribution in [-0.2, 0) is 4.74 Å². The van der Waals surface area contributed by atoms with Gasteiger partial charge >= 0.3 is 0 Å². The fourth-order valence-corrected chi connectivity index (χ4v) is 1.93. The molecule has 0 aliphatic carbocycles. The standard InChI is InChI=1S/C10H18N2OS/c1-8(7-13-3)6-12-9(2)10-11-4-5-14-10/h4-5,8-9,12H,6-7H2,1-3H3. The van der Waals surface area contributed by atoms with E-state index < -0.39 is 0 Å². The second-order valence-corrected chi connectivity index (χ2v) is 4.49. The van der Waals surface area contributed by atoms with E-state index in [0.717, 1.165) is 18.2 Å². The summed E-state index contributed by atoms with van der Waals surface area (Å²) in [5.74, 6) is 0.544. The summed E-state index contributed by atoms with van der Waals surface area (Å²) >= 11 is 1.69. The van der Waals surface area contributed by atoms with E-state index in [2.05, 4.69) is 24.1 Å². The van der Waals surface area contributed by atoms with E-state index in [0.29, 0.717) is 12.0 Å². The van der Waals surface area contributed by atoms with E-state index in [9.17, 15) is 0 Å². The van der Waals surface area contributed by atoms with Crippen molar-refractivity contribution in [1.29, 1.82) is 0 Å². The van der Waals surface area contributed by atoms with Gasteiger partial charge in [-0.3, -0.25) is 0 Å². The number of hydrogen-bond donors (Lipinski definition) is 1. The summed E-state index contributed by atoms with van der Waals surface area (Å²) in [4.78, 5) is 4.26. The third-order valence-corrected chi connectivity index (χ3v) is 3.00. The summed E-state index contributed by atoms with van der Waals surface area (Å²) in [7, 11) is 1.74. The molecule has 4 heteroatoms. The van der Waals surface area contributed by atoms with Gasteiger partial charge in [0.15, 0.2) is 0 Å². The first kappa shape index (κ1) is 11.6. The summed E-state index contributed by atoms with van der Waals surface area (Å²) in [5.41, 5.74) is 0. The molecule has 2 unspecified atom stereocenters. The molecule has 0 saturated carbocycles. The molecular formula is C10H18N2OS. The fraction of sp³-hybridized carbons (Fsp3) is 0.700. The van der Waals surface area contributed by atoms with Crippen molar-refractivity contribution in [1.82, 2.24) is 10.3 Å². The number of nitrogens with one attached hydrogen (secondary N) is 1. The lowest BCUT2D eigenvalue weighted by Gasteiger charge is -2.15. The predicted octanol–water partition coefficient (Wildman–Crippen LogP) is 2.08. The van der Waals surface area contributed by atoms with Crippen molar-refractivity contribution < 1.29 is 4.74 Å². The Morgan fingerprint density at radius 2 is 2.36 bits per heavy atom. The van der Waals surface area contributed by atoms with Gasteiger partial charge in [0.2, 0.25) is 0 Å². The van der Waals surface area contributed by atoms with Gasteiger partial charge in [0.1, 0.15) is 5.01 Å². The number of aromatic nitrogens is 1. The molecule has 3 nitrogen and oxygen atoms in total. The van der Waals surface area contributed by atoms with E-state index in [1.165, 1.54) is 0 Å². The zero-order valence-electron chi connectivity index (χ0n) is 8.99. The zero-order valence-corrected chi connectivity index (χ0v) is 9.80. The molecule has 0 saturated heterocycles. The first-order valence-corrected chi connectivity index (χ1v) is 5.73. The van der Waals surface area contributed by atoms with Crippen molar-refractivity contribution in [3.63, 3.8) is 0 Å². The van der Waals surface area contributed by atoms with Gasteiger partial charge in [-0.2, -0.15) is 0 Å². The van der Waals surface area contributed by atoms with Crippen molar-refractivity contribution >= 4 is 11.3 Å². The Bertz CT molecular complexity index is 238. The number of methoxy groups -OCH3 is 1. The molecule has 1 aromatic heterocycles. The van der Waals surface area contributed by atoms with Crippen LogP contribution in [0.1, 0.15) is 24.9 Å². The minimum Gasteiger partial charge on any atom is -0.384 e. The Labute approximate surface area is 89.5 Å². The van der Waals surface area contributed by atoms with Crippen LogP contribution in [0.15, 0.2) is 11.6 Å². The SMILES string of the molecule is COCC(C)CNC(C)c1nccs1. The van der Waals surface area contributed by atoms with Crippen LogP contribution in [0.4, 0.5) is 0 Å². The summed E-state index contributed by atoms with van der Waals surface area (Å²) in [6, 6.07) is 0.342. The van der Waals surface area contributed by atoms with E-state index in [1.807, 2.05) is 11.6 Å². The Balaban J connectivity index is 2.24. The predicted molar refractivity (Wildman–Crippen MR) is 59.6 cm³/mol. The molecule has 0 aliphatic rings. The maximum absolute atomic E-state index is 5.07. The quantitative estimate of drug-likeness (QED) is 0.787. The van der Waals surface area contributed by atoms with Crippen LogP contribution >= 0.6 is 11.3 Å². The van der Waals surface area contributed by atoms with Gasteiger partial charge in [-0.1, -0.05) is 6.92 Å². The van der Waals surface area contributed by atoms with Gasteiger partial charge < -0.3 is 10.1 Å². The lowest BCUT2D eigenvalue weighted by atomic mass is 10.2. The molecule has 1 rings (SSSR count). The maximum atomic E-state index is 5.07. The number of ether oxygens (including phenoxy) is 1. The van der Waals surface area contributed by atoms with Gasteiger partial charge in [0, 0.05) is 31.8 Å². The highest BCUT2D eigenvalue weighted by molar-refractivity contribution is 7.09. The third-order valence-electron chi connectivity index (χ3n) is 2.05. The number of thiazole rings is 1. The first-order valence-electron chi connectivity index (χ1n) is 4.85. The Morgan fingerprint density at radius 3 is 2.93 bits per heavy atom. The fourth-order valence-electron chi connectivity index (χ4n) is 1.26. The van der Waals surface area contributed by atoms with Crippen LogP contribution in [0, 0.1) is 5.92 Å². The van der Waals surface area contributed by atoms with Crippen LogP contribution in [0.3, 0.4) is 0 Å². The molecule has 0 fully saturated rings. The molecule has 14 heavy (non-hydrogen) atoms. The molecule has 80 valence electrons. The van der Waals surface area contributed by atoms with Gasteiger partial charge in [-0.05, 0) is 12.8 Å². The highest BCUT2D eigenvalue weighted by Crippen LogP contribution is 2.14. The Kier molecular flexibility index (Phi) is 5.07. The molecular weight excluding hydrogens is 196 g/mol. The zero-order chi connectivity index (χ0) is 10.4. The summed E-state index contributed by atoms with van der Waals surface area (Å²) in [6.07, 6.45) is 1.84. The number of rotatable bonds is 6. The molecule has 0 spiro atoms. The average molecular weight is 214 g/mol. The second-order valence-electron chi connectivity index (χ2n) is 3.56. The molecule has 1 N–H and O–H groups in total. The first-order chi connectivity index (χ1) is 6.74. The molecule has 0 aliphatic heterocycles. The molecule has 1 aromatic rings. The molecule has 0 radical (unpaired) electrons. The van der Waals surface area contributed by atoms with Gasteiger partial charge in [-0.15, -0.1) is 11.3 Å². The third kappa shape index (κ3) is 3.74. The van der Waals surface area contributed by atoms with E-state index >= 15 is 0 Å². The van der Waals surface area contributed by atoms with Crippen LogP contribution in [-0.4, -0.2) is 25.2 Å². The molecule has 0 bridgehead atoms. The van der Waals surface area contributed by atoms with Gasteiger partial charge in [0.05, 0.1) is 6.04 Å². The normalized spacial score (nSPS) is 15.4. The van der Waals surface area contributed by atoms with Gasteiger partial charge in [-0.25, -0.2) is 4.98 Å². The Hall–Kier alpha value is -0.450. The lowest BCUT2D eigenvalue weighted by Crippen LogP contribution is -2.26. The lowest BCUT2D eigenvalue weighted by molar-refractivity contribution is 0.157. The van der Waals surface area contributed by atoms with E-state index in [-0.39, 0.29) is 0 Å². The minimum atomic E-state index is 0.342. The molecule has 0 aromatic carbocycles. The summed E-state index contributed by atoms with van der Waals surface area (Å²) in [6.45, 7) is 6.08. The van der Waals surface area contributed by atoms with Crippen molar-refractivity contribution in [2.24, 2.45) is 5.92 Å². The van der Waals surface area contributed by atoms with E-state index in [1.54, 1.807) is 18.4 Å². The van der Waals surface area contributed by atoms with E-state index in [4.69, 9.17) is 4.74 Å². The highest BCUT2D eigenvalue weighted by Gasteiger charge is 2.08. The molecule has 0 amide bonds. The second kappa shape index (κ2) is 6.11. The highest BCUT2D eigenvalue weighted by atomic mass is 32.1. The molecule has 1 heterocycles. The van der Waals surface area contributed by atoms with Gasteiger partial charge in [0.25, 0.3) is 0 Å². The average Bonchev–Trinajstić information content (AvgIpc) is 2.67. The largest absolute Gasteiger partial charge is 0.384 e. The summed E-state index contributed by atoms with van der Waals surface area (Å²) < 4.78 is 5.07. The van der Waals surface area contributed by atoms with Crippen molar-refractivity contribution in [3.8, 4) is 0 Å². The Morgan fingerprint density at radius 1 is 1.57 bits per heavy atom. The maximum Gasteiger partial charge on any atom is 0.109 e. The van der Waals surface area contributed by atoms with Crippen LogP contribution in [0.2, 0.25) is 0 Å². The van der Waals surface area contributed by atoms with Crippen molar-refractivity contribution in [2.45, 2.75) is 19.9 Å². The summed E-state index contributed by atoms with van der Waals surface area (Å²) in [5, 5.41) is 6.59. The smallest absolute Gasteiger partial charge is 0.109 e. The minimum absolute atomic E-state index is 0.342. The number of nitrogens with zero attached hydrogens (tertiary/aromatic N) is 1. The topological polar surface area (TPSA) is 34.1 Å².